The van der Waals surface area contributed by atoms with Gasteiger partial charge in [-0.05, 0) is 95.0 Å². The predicted octanol–water partition coefficient (Wildman–Crippen LogP) is 6.30. The Balaban J connectivity index is 0.000000235. The van der Waals surface area contributed by atoms with Crippen molar-refractivity contribution in [1.29, 1.82) is 0 Å². The van der Waals surface area contributed by atoms with Crippen molar-refractivity contribution in [1.82, 2.24) is 51.6 Å². The predicted molar refractivity (Wildman–Crippen MR) is 277 cm³/mol. The van der Waals surface area contributed by atoms with Crippen molar-refractivity contribution < 1.29 is 43.0 Å². The van der Waals surface area contributed by atoms with E-state index >= 15 is 0 Å². The van der Waals surface area contributed by atoms with Gasteiger partial charge in [0, 0.05) is 30.4 Å². The number of carbonyl (C=O) groups excluding carboxylic acids is 6. The number of aryl methyl sites for hydroxylation is 4. The first-order chi connectivity index (χ1) is 34.5. The molecule has 0 saturated heterocycles. The van der Waals surface area contributed by atoms with Gasteiger partial charge in [-0.2, -0.15) is 10.2 Å². The van der Waals surface area contributed by atoms with E-state index in [-0.39, 0.29) is 19.0 Å². The quantitative estimate of drug-likeness (QED) is 0.0223. The average molecular weight is 1040 g/mol. The van der Waals surface area contributed by atoms with Crippen molar-refractivity contribution >= 4 is 102 Å². The summed E-state index contributed by atoms with van der Waals surface area (Å²) in [6.45, 7) is 9.72. The number of aromatic nitrogens is 6. The molecule has 2 atom stereocenters. The topological polar surface area (TPSA) is 285 Å². The second-order valence-electron chi connectivity index (χ2n) is 17.1. The van der Waals surface area contributed by atoms with Crippen LogP contribution in [0.15, 0.2) is 66.3 Å². The number of hydrogen-bond donors (Lipinski definition) is 8. The van der Waals surface area contributed by atoms with Gasteiger partial charge in [-0.3, -0.25) is 24.6 Å². The van der Waals surface area contributed by atoms with E-state index in [1.165, 1.54) is 59.4 Å². The van der Waals surface area contributed by atoms with Gasteiger partial charge in [0.1, 0.15) is 27.4 Å². The van der Waals surface area contributed by atoms with Gasteiger partial charge < -0.3 is 46.1 Å². The van der Waals surface area contributed by atoms with Crippen molar-refractivity contribution in [2.75, 3.05) is 51.0 Å². The molecule has 5 aromatic heterocycles. The van der Waals surface area contributed by atoms with Crippen LogP contribution in [0.5, 0.6) is 0 Å². The molecule has 0 fully saturated rings. The number of thiazole rings is 2. The summed E-state index contributed by atoms with van der Waals surface area (Å²) in [6, 6.07) is 13.5. The van der Waals surface area contributed by atoms with Crippen LogP contribution in [0.25, 0.3) is 21.8 Å². The Morgan fingerprint density at radius 1 is 0.653 bits per heavy atom. The van der Waals surface area contributed by atoms with Crippen LogP contribution in [-0.2, 0) is 36.6 Å². The van der Waals surface area contributed by atoms with E-state index < -0.39 is 47.5 Å². The first kappa shape index (κ1) is 53.9. The van der Waals surface area contributed by atoms with E-state index in [1.54, 1.807) is 52.1 Å². The molecule has 8 N–H and O–H groups in total. The van der Waals surface area contributed by atoms with Gasteiger partial charge >= 0.3 is 18.0 Å². The molecule has 0 radical (unpaired) electrons. The third kappa shape index (κ3) is 15.3. The van der Waals surface area contributed by atoms with Crippen LogP contribution >= 0.6 is 34.0 Å². The molecule has 0 unspecified atom stereocenters. The number of hydrogen-bond acceptors (Lipinski definition) is 18. The number of methoxy groups -OCH3 is 2. The average Bonchev–Trinajstić information content (AvgIpc) is 4.22. The number of benzene rings is 2. The number of aromatic amines is 2. The molecule has 382 valence electrons. The number of anilines is 2. The molecule has 0 saturated carbocycles. The molecule has 2 aromatic carbocycles. The Bertz CT molecular complexity index is 2960. The lowest BCUT2D eigenvalue weighted by molar-refractivity contribution is -0.143. The molecule has 4 amide bonds. The molecule has 24 heteroatoms. The summed E-state index contributed by atoms with van der Waals surface area (Å²) >= 11 is 3.70. The summed E-state index contributed by atoms with van der Waals surface area (Å²) in [7, 11) is 2.44. The van der Waals surface area contributed by atoms with E-state index in [4.69, 9.17) is 14.2 Å². The number of thiophene rings is 1. The highest BCUT2D eigenvalue weighted by molar-refractivity contribution is 7.18. The first-order valence-corrected chi connectivity index (χ1v) is 25.3. The van der Waals surface area contributed by atoms with Crippen molar-refractivity contribution in [2.45, 2.75) is 78.0 Å². The Hall–Kier alpha value is -7.44. The van der Waals surface area contributed by atoms with Gasteiger partial charge in [0.05, 0.1) is 60.5 Å². The van der Waals surface area contributed by atoms with Gasteiger partial charge in [0.25, 0.3) is 17.7 Å². The van der Waals surface area contributed by atoms with Crippen molar-refractivity contribution in [2.24, 2.45) is 0 Å². The van der Waals surface area contributed by atoms with Gasteiger partial charge in [-0.1, -0.05) is 53.0 Å². The van der Waals surface area contributed by atoms with Crippen LogP contribution in [0.1, 0.15) is 85.1 Å². The SMILES string of the molecule is COC(=O)[C@H](CNC(=O)OC(C)(C)C)NC(=O)c1sc(NCCCc2cccc3[nH]ncc23)nc1C.COC(=O)[C@H](CNC(=O)c1cccs1)NC(=O)c1sc(NCCCc2cccc3[nH]ncc23)nc1C. The normalized spacial score (nSPS) is 11.9. The smallest absolute Gasteiger partial charge is 0.407 e. The van der Waals surface area contributed by atoms with Crippen LogP contribution in [0, 0.1) is 13.8 Å². The number of H-pyrrole nitrogens is 2. The number of amides is 4. The van der Waals surface area contributed by atoms with Crippen LogP contribution < -0.4 is 31.9 Å². The molecule has 21 nitrogen and oxygen atoms in total. The van der Waals surface area contributed by atoms with E-state index in [1.807, 2.05) is 36.7 Å². The highest BCUT2D eigenvalue weighted by atomic mass is 32.1. The van der Waals surface area contributed by atoms with Gasteiger partial charge in [0.2, 0.25) is 0 Å². The lowest BCUT2D eigenvalue weighted by Crippen LogP contribution is -2.49. The zero-order valence-electron chi connectivity index (χ0n) is 40.9. The molecule has 0 aliphatic rings. The number of alkyl carbamates (subject to hydrolysis) is 1. The highest BCUT2D eigenvalue weighted by Crippen LogP contribution is 2.25. The molecular formula is C48H58N12O9S3. The minimum Gasteiger partial charge on any atom is -0.467 e. The minimum atomic E-state index is -1.08. The molecule has 72 heavy (non-hydrogen) atoms. The maximum Gasteiger partial charge on any atom is 0.407 e. The number of esters is 2. The first-order valence-electron chi connectivity index (χ1n) is 22.8. The summed E-state index contributed by atoms with van der Waals surface area (Å²) in [5, 5.41) is 36.3. The molecule has 7 aromatic rings. The molecule has 0 aliphatic carbocycles. The van der Waals surface area contributed by atoms with Crippen LogP contribution in [0.3, 0.4) is 0 Å². The van der Waals surface area contributed by atoms with E-state index in [0.29, 0.717) is 49.4 Å². The Morgan fingerprint density at radius 3 is 1.58 bits per heavy atom. The van der Waals surface area contributed by atoms with E-state index in [2.05, 4.69) is 74.4 Å². The summed E-state index contributed by atoms with van der Waals surface area (Å²) < 4.78 is 14.7. The summed E-state index contributed by atoms with van der Waals surface area (Å²) in [6.07, 6.45) is 6.45. The fraction of sp³-hybridized carbons (Fsp3) is 0.375. The van der Waals surface area contributed by atoms with Crippen molar-refractivity contribution in [3.05, 3.63) is 103 Å². The minimum absolute atomic E-state index is 0.0957. The zero-order chi connectivity index (χ0) is 51.8. The summed E-state index contributed by atoms with van der Waals surface area (Å²) in [4.78, 5) is 84.4. The molecule has 7 rings (SSSR count). The fourth-order valence-electron chi connectivity index (χ4n) is 7.12. The largest absolute Gasteiger partial charge is 0.467 e. The maximum absolute atomic E-state index is 12.9. The standard InChI is InChI=1S/C24H32N6O5S.C24H26N6O4S2/c1-14-19(20(31)29-18(21(32)34-5)13-26-23(33)35-24(2,3)4)36-22(28-14)25-11-7-9-15-8-6-10-17-16(15)12-27-30-17;1-14-20(22(32)29-18(23(33)34-2)13-26-21(31)19-9-5-11-35-19)36-24(28-14)25-10-4-7-15-6-3-8-17-16(15)12-27-30-17/h6,8,10,12,18H,7,9,11,13H2,1-5H3,(H,25,28)(H,26,33)(H,27,30)(H,29,31);3,5-6,8-9,11-12,18H,4,7,10,13H2,1-2H3,(H,25,28)(H,26,31)(H,27,30)(H,29,32)/t2*18-/m00/s1. The maximum atomic E-state index is 12.9. The second kappa shape index (κ2) is 25.6. The summed E-state index contributed by atoms with van der Waals surface area (Å²) in [5.74, 6) is -2.59. The second-order valence-corrected chi connectivity index (χ2v) is 20.0. The van der Waals surface area contributed by atoms with E-state index in [0.717, 1.165) is 47.5 Å². The van der Waals surface area contributed by atoms with Crippen molar-refractivity contribution in [3.8, 4) is 0 Å². The number of rotatable bonds is 21. The summed E-state index contributed by atoms with van der Waals surface area (Å²) in [5.41, 5.74) is 4.86. The highest BCUT2D eigenvalue weighted by Gasteiger charge is 2.28. The van der Waals surface area contributed by atoms with Crippen molar-refractivity contribution in [3.63, 3.8) is 0 Å². The number of ether oxygens (including phenoxy) is 3. The number of fused-ring (bicyclic) bond motifs is 2. The van der Waals surface area contributed by atoms with Gasteiger partial charge in [-0.25, -0.2) is 24.4 Å². The third-order valence-corrected chi connectivity index (χ3v) is 13.7. The monoisotopic (exact) mass is 1040 g/mol. The van der Waals surface area contributed by atoms with Crippen LogP contribution in [-0.4, -0.2) is 124 Å². The Kier molecular flexibility index (Phi) is 19.2. The Morgan fingerprint density at radius 2 is 1.14 bits per heavy atom. The van der Waals surface area contributed by atoms with Gasteiger partial charge in [0.15, 0.2) is 10.3 Å². The van der Waals surface area contributed by atoms with Crippen LogP contribution in [0.2, 0.25) is 0 Å². The molecule has 5 heterocycles. The molecule has 0 spiro atoms. The van der Waals surface area contributed by atoms with Crippen LogP contribution in [0.4, 0.5) is 15.1 Å². The number of nitrogens with one attached hydrogen (secondary N) is 8. The van der Waals surface area contributed by atoms with Gasteiger partial charge in [-0.15, -0.1) is 11.3 Å². The molecular weight excluding hydrogens is 985 g/mol. The fourth-order valence-corrected chi connectivity index (χ4v) is 9.55. The molecule has 0 aliphatic heterocycles. The number of nitrogens with zero attached hydrogens (tertiary/aromatic N) is 4. The van der Waals surface area contributed by atoms with E-state index in [9.17, 15) is 28.8 Å². The number of carbonyl (C=O) groups is 6. The lowest BCUT2D eigenvalue weighted by atomic mass is 10.1. The Labute approximate surface area is 427 Å². The zero-order valence-corrected chi connectivity index (χ0v) is 43.3. The molecule has 0 bridgehead atoms. The lowest BCUT2D eigenvalue weighted by Gasteiger charge is -2.21. The third-order valence-electron chi connectivity index (χ3n) is 10.6.